The first-order valence-corrected chi connectivity index (χ1v) is 44.7. The topological polar surface area (TPSA) is 276 Å². The molecular weight excluding hydrogens is 1550 g/mol. The summed E-state index contributed by atoms with van der Waals surface area (Å²) in [4.78, 5) is 98.6. The highest BCUT2D eigenvalue weighted by Gasteiger charge is 2.68. The molecule has 0 radical (unpaired) electrons. The summed E-state index contributed by atoms with van der Waals surface area (Å²) in [6.45, 7) is 31.9. The van der Waals surface area contributed by atoms with Crippen LogP contribution < -0.4 is 21.7 Å². The lowest BCUT2D eigenvalue weighted by Crippen LogP contribution is -2.65. The van der Waals surface area contributed by atoms with Crippen molar-refractivity contribution in [3.05, 3.63) is 239 Å². The number of carboxylic acids is 2. The number of esters is 2. The second-order valence-electron chi connectivity index (χ2n) is 37.3. The van der Waals surface area contributed by atoms with Crippen molar-refractivity contribution in [3.63, 3.8) is 0 Å². The molecule has 8 aromatic carbocycles. The fraction of sp³-hybridized carbons (Fsp3) is 0.467. The summed E-state index contributed by atoms with van der Waals surface area (Å²) < 4.78 is 23.3. The highest BCUT2D eigenvalue weighted by molar-refractivity contribution is 6.48. The van der Waals surface area contributed by atoms with E-state index < -0.39 is 37.2 Å². The Morgan fingerprint density at radius 1 is 0.435 bits per heavy atom. The Morgan fingerprint density at radius 2 is 0.766 bits per heavy atom. The summed E-state index contributed by atoms with van der Waals surface area (Å²) in [6, 6.07) is 63.8. The second kappa shape index (κ2) is 43.0. The minimum absolute atomic E-state index is 0. The van der Waals surface area contributed by atoms with Gasteiger partial charge in [-0.15, -0.1) is 0 Å². The van der Waals surface area contributed by atoms with Crippen molar-refractivity contribution in [2.75, 3.05) is 13.2 Å². The molecule has 2 bridgehead atoms. The molecule has 0 unspecified atom stereocenters. The molecule has 8 aromatic rings. The maximum atomic E-state index is 14.0. The van der Waals surface area contributed by atoms with Crippen molar-refractivity contribution in [2.45, 2.75) is 248 Å². The van der Waals surface area contributed by atoms with Crippen LogP contribution in [0.5, 0.6) is 0 Å². The molecular formula is C105H133BN4O14. The number of carbonyl (C=O) groups excluding carboxylic acids is 6. The average Bonchev–Trinajstić information content (AvgIpc) is 1.41. The largest absolute Gasteiger partial charge is 0.481 e. The van der Waals surface area contributed by atoms with E-state index in [9.17, 15) is 43.5 Å². The van der Waals surface area contributed by atoms with Crippen LogP contribution in [0.2, 0.25) is 0 Å². The first kappa shape index (κ1) is 95.9. The number of nitrogens with one attached hydrogen (secondary N) is 3. The number of hydrogen-bond acceptors (Lipinski definition) is 13. The molecule has 124 heavy (non-hydrogen) atoms. The molecule has 1 aliphatic heterocycles. The average molecular weight is 1690 g/mol. The zero-order valence-corrected chi connectivity index (χ0v) is 74.6. The number of Topliss-reactive ketones (excluding diaryl/α,β-unsaturated/α-hetero) is 1. The summed E-state index contributed by atoms with van der Waals surface area (Å²) >= 11 is 0. The number of fused-ring (bicyclic) bond motifs is 12. The lowest BCUT2D eigenvalue weighted by molar-refractivity contribution is -0.199. The Kier molecular flexibility index (Phi) is 33.3. The Hall–Kier alpha value is -10.3. The Morgan fingerprint density at radius 3 is 1.10 bits per heavy atom. The summed E-state index contributed by atoms with van der Waals surface area (Å²) in [7, 11) is -0.460. The molecule has 1 heterocycles. The van der Waals surface area contributed by atoms with E-state index in [1.54, 1.807) is 13.8 Å². The number of aliphatic carboxylic acids is 2. The van der Waals surface area contributed by atoms with Crippen LogP contribution in [0.25, 0.3) is 44.5 Å². The summed E-state index contributed by atoms with van der Waals surface area (Å²) in [5.41, 5.74) is 24.3. The van der Waals surface area contributed by atoms with Gasteiger partial charge in [0.25, 0.3) is 0 Å². The van der Waals surface area contributed by atoms with Gasteiger partial charge in [-0.1, -0.05) is 285 Å². The van der Waals surface area contributed by atoms with Crippen LogP contribution in [-0.2, 0) is 57.1 Å². The number of nitrogens with two attached hydrogens (primary N) is 1. The number of benzene rings is 8. The fourth-order valence-corrected chi connectivity index (χ4v) is 20.0. The Labute approximate surface area is 736 Å². The molecule has 8 aliphatic rings. The van der Waals surface area contributed by atoms with Crippen LogP contribution in [0.1, 0.15) is 257 Å². The maximum absolute atomic E-state index is 14.0. The van der Waals surface area contributed by atoms with Crippen LogP contribution in [0.4, 0.5) is 0 Å². The molecule has 4 fully saturated rings. The SMILES string of the molecule is C.CC(C)C[C@H](CC(=O)CC1c2ccccc2-c2ccccc21)C(=O)N[C@@H](CC(C)C)B1O[C@@H]2C[C@@H]3C[C@@H](C3(C)C)[C@]2(C)O1.CC(C)C[C@H](NC(=O)CC1c2ccccc2-c2ccccc21)C(=O)O.CCOC(=O)[C@@H](N)CC(C)C.CCOC(=O)[C@H](CC(C)C)NC(=O)CC1c2ccccc2-c2ccccc21.O=C(O)CC1c2ccccc2-c2ccccc21. The van der Waals surface area contributed by atoms with E-state index in [0.29, 0.717) is 81.3 Å². The van der Waals surface area contributed by atoms with E-state index in [4.69, 9.17) is 29.6 Å². The van der Waals surface area contributed by atoms with E-state index >= 15 is 0 Å². The molecule has 19 heteroatoms. The third-order valence-corrected chi connectivity index (χ3v) is 25.7. The predicted molar refractivity (Wildman–Crippen MR) is 493 cm³/mol. The van der Waals surface area contributed by atoms with Crippen molar-refractivity contribution in [1.82, 2.24) is 16.0 Å². The molecule has 3 saturated carbocycles. The van der Waals surface area contributed by atoms with Gasteiger partial charge in [0.1, 0.15) is 23.9 Å². The molecule has 660 valence electrons. The predicted octanol–water partition coefficient (Wildman–Crippen LogP) is 20.5. The number of carboxylic acid groups (broad SMARTS) is 2. The number of ketones is 1. The van der Waals surface area contributed by atoms with Crippen molar-refractivity contribution < 1.29 is 67.4 Å². The van der Waals surface area contributed by atoms with Gasteiger partial charge in [-0.3, -0.25) is 28.8 Å². The first-order valence-electron chi connectivity index (χ1n) is 44.7. The zero-order valence-electron chi connectivity index (χ0n) is 74.6. The van der Waals surface area contributed by atoms with E-state index in [1.807, 2.05) is 126 Å². The summed E-state index contributed by atoms with van der Waals surface area (Å²) in [6.07, 6.45) is 6.85. The minimum Gasteiger partial charge on any atom is -0.481 e. The summed E-state index contributed by atoms with van der Waals surface area (Å²) in [5, 5.41) is 27.3. The third-order valence-electron chi connectivity index (χ3n) is 25.7. The van der Waals surface area contributed by atoms with Gasteiger partial charge in [0.15, 0.2) is 0 Å². The standard InChI is InChI=1S/C37H50BNO4.C23H27NO3.C21H23NO3.C15H12O2.C8H17NO2.CH4/c1-22(2)16-24(18-26(40)21-31-29-14-10-8-12-27(29)28-13-9-11-15-30(28)31)35(41)39-34(17-23(3)4)38-42-33-20-25-19-32(36(25,5)6)37(33,7)43-38;1-4-27-23(26)21(13-15(2)3)24-22(25)14-20-18-11-7-5-9-16(18)17-10-6-8-12-19(17)20;1-13(2)11-19(21(24)25)22-20(23)12-18-16-9-5-3-7-14(16)15-8-4-6-10-17(15)18;16-15(17)9-14-12-7-3-1-5-10(12)11-6-2-4-8-13(11)14;1-4-11-8(10)7(9)5-6(2)3;/h8-15,22-25,31-34H,16-21H2,1-7H3,(H,39,41);5-12,15,20-21H,4,13-14H2,1-3H3,(H,24,25);3-10,13,18-19H,11-12H2,1-2H3,(H,22,23)(H,24,25);1-8,14H,9H2,(H,16,17);6-7H,4-5,9H2,1-3H3;1H4/t24-,25+,32+,33-,34+,37+;21-;19-;;7-;/m100.0./s1. The lowest BCUT2D eigenvalue weighted by Gasteiger charge is -2.64. The van der Waals surface area contributed by atoms with Crippen molar-refractivity contribution in [2.24, 2.45) is 58.5 Å². The van der Waals surface area contributed by atoms with Gasteiger partial charge in [0, 0.05) is 55.3 Å². The second-order valence-corrected chi connectivity index (χ2v) is 37.3. The van der Waals surface area contributed by atoms with Crippen molar-refractivity contribution >= 4 is 54.5 Å². The minimum atomic E-state index is -0.978. The van der Waals surface area contributed by atoms with Crippen LogP contribution in [-0.4, -0.2) is 114 Å². The number of ether oxygens (including phenoxy) is 2. The Balaban J connectivity index is 0.000000173. The first-order chi connectivity index (χ1) is 58.7. The smallest absolute Gasteiger partial charge is 0.481 e. The highest BCUT2D eigenvalue weighted by atomic mass is 16.7. The van der Waals surface area contributed by atoms with Crippen LogP contribution in [0.15, 0.2) is 194 Å². The molecule has 9 atom stereocenters. The van der Waals surface area contributed by atoms with E-state index in [0.717, 1.165) is 46.2 Å². The molecule has 1 saturated heterocycles. The molecule has 0 aromatic heterocycles. The molecule has 7 N–H and O–H groups in total. The number of hydrogen-bond donors (Lipinski definition) is 6. The molecule has 16 rings (SSSR count). The molecule has 3 amide bonds. The maximum Gasteiger partial charge on any atom is 0.481 e. The van der Waals surface area contributed by atoms with Crippen molar-refractivity contribution in [3.8, 4) is 44.5 Å². The summed E-state index contributed by atoms with van der Waals surface area (Å²) in [5.74, 6) is -0.457. The van der Waals surface area contributed by atoms with Gasteiger partial charge < -0.3 is 50.7 Å². The van der Waals surface area contributed by atoms with E-state index in [1.165, 1.54) is 62.1 Å². The van der Waals surface area contributed by atoms with Crippen LogP contribution >= 0.6 is 0 Å². The monoisotopic (exact) mass is 1680 g/mol. The third kappa shape index (κ3) is 22.8. The normalized spacial score (nSPS) is 18.6. The van der Waals surface area contributed by atoms with Gasteiger partial charge in [-0.2, -0.15) is 0 Å². The number of carbonyl (C=O) groups is 8. The van der Waals surface area contributed by atoms with Gasteiger partial charge in [0.2, 0.25) is 17.7 Å². The van der Waals surface area contributed by atoms with Gasteiger partial charge in [-0.25, -0.2) is 9.59 Å². The molecule has 0 spiro atoms. The number of rotatable bonds is 30. The zero-order chi connectivity index (χ0) is 88.7. The molecule has 18 nitrogen and oxygen atoms in total. The molecule has 7 aliphatic carbocycles. The Bertz CT molecular complexity index is 4850. The fourth-order valence-electron chi connectivity index (χ4n) is 20.0. The lowest BCUT2D eigenvalue weighted by atomic mass is 9.43. The van der Waals surface area contributed by atoms with Crippen molar-refractivity contribution in [1.29, 1.82) is 0 Å². The highest BCUT2D eigenvalue weighted by Crippen LogP contribution is 2.66. The van der Waals surface area contributed by atoms with Gasteiger partial charge in [-0.05, 0) is 202 Å². The van der Waals surface area contributed by atoms with Gasteiger partial charge in [0.05, 0.1) is 37.3 Å². The number of amides is 3. The van der Waals surface area contributed by atoms with E-state index in [-0.39, 0.29) is 127 Å². The van der Waals surface area contributed by atoms with Crippen LogP contribution in [0, 0.1) is 52.8 Å². The van der Waals surface area contributed by atoms with Gasteiger partial charge >= 0.3 is 31.0 Å². The van der Waals surface area contributed by atoms with E-state index in [2.05, 4.69) is 174 Å². The quantitative estimate of drug-likeness (QED) is 0.0180. The van der Waals surface area contributed by atoms with Crippen LogP contribution in [0.3, 0.4) is 0 Å².